The molecule has 9 nitrogen and oxygen atoms in total. The maximum absolute atomic E-state index is 11.6. The minimum absolute atomic E-state index is 0. The molecule has 0 fully saturated rings. The summed E-state index contributed by atoms with van der Waals surface area (Å²) in [6, 6.07) is 10.8. The van der Waals surface area contributed by atoms with Crippen LogP contribution in [0.4, 0.5) is 0 Å². The van der Waals surface area contributed by atoms with Gasteiger partial charge in [0.1, 0.15) is 26.4 Å². The molecule has 2 aromatic carbocycles. The number of carboxylic acids is 1. The van der Waals surface area contributed by atoms with Gasteiger partial charge in [-0.15, -0.1) is 0 Å². The fourth-order valence-electron chi connectivity index (χ4n) is 3.20. The summed E-state index contributed by atoms with van der Waals surface area (Å²) in [5.74, 6) is 0.873. The van der Waals surface area contributed by atoms with Crippen LogP contribution in [0.25, 0.3) is 0 Å². The van der Waals surface area contributed by atoms with E-state index in [4.69, 9.17) is 28.8 Å². The molecule has 0 saturated heterocycles. The van der Waals surface area contributed by atoms with Gasteiger partial charge in [-0.05, 0) is 56.2 Å². The van der Waals surface area contributed by atoms with Crippen molar-refractivity contribution in [2.24, 2.45) is 0 Å². The van der Waals surface area contributed by atoms with Gasteiger partial charge in [-0.2, -0.15) is 0 Å². The topological polar surface area (TPSA) is 131 Å². The van der Waals surface area contributed by atoms with Crippen molar-refractivity contribution >= 4 is 11.9 Å². The predicted octanol–water partition coefficient (Wildman–Crippen LogP) is 0.598. The second kappa shape index (κ2) is 14.1. The number of fused-ring (bicyclic) bond motifs is 2. The van der Waals surface area contributed by atoms with E-state index in [9.17, 15) is 9.59 Å². The van der Waals surface area contributed by atoms with Crippen LogP contribution in [-0.2, 0) is 14.3 Å². The first-order chi connectivity index (χ1) is 15.4. The average molecular weight is 484 g/mol. The van der Waals surface area contributed by atoms with Gasteiger partial charge in [0, 0.05) is 0 Å². The number of hydrogen-bond acceptors (Lipinski definition) is 8. The summed E-state index contributed by atoms with van der Waals surface area (Å²) in [6.07, 6.45) is 0. The SMILES string of the molecule is CC(C(=O)O)c1ccc2c(c1)OCCO2.CCOC(=O)C(C)c1ccc2c(c1)OCCO2.[Na+].[OH-]. The molecule has 34 heavy (non-hydrogen) atoms. The summed E-state index contributed by atoms with van der Waals surface area (Å²) in [5.41, 5.74) is 1.61. The van der Waals surface area contributed by atoms with Crippen molar-refractivity contribution in [3.05, 3.63) is 47.5 Å². The third kappa shape index (κ3) is 7.53. The first-order valence-corrected chi connectivity index (χ1v) is 10.6. The molecule has 4 rings (SSSR count). The van der Waals surface area contributed by atoms with E-state index in [1.165, 1.54) is 0 Å². The normalized spacial score (nSPS) is 14.6. The zero-order valence-corrected chi connectivity index (χ0v) is 21.9. The van der Waals surface area contributed by atoms with Crippen LogP contribution in [0.2, 0.25) is 0 Å². The van der Waals surface area contributed by atoms with Crippen LogP contribution in [0.3, 0.4) is 0 Å². The number of aliphatic carboxylic acids is 1. The zero-order valence-electron chi connectivity index (χ0n) is 19.9. The number of esters is 1. The van der Waals surface area contributed by atoms with Crippen LogP contribution in [0.15, 0.2) is 36.4 Å². The Labute approximate surface area is 220 Å². The summed E-state index contributed by atoms with van der Waals surface area (Å²) >= 11 is 0. The largest absolute Gasteiger partial charge is 1.00 e. The summed E-state index contributed by atoms with van der Waals surface area (Å²) in [4.78, 5) is 22.4. The third-order valence-corrected chi connectivity index (χ3v) is 5.14. The first-order valence-electron chi connectivity index (χ1n) is 10.6. The molecule has 0 aromatic heterocycles. The van der Waals surface area contributed by atoms with E-state index in [0.717, 1.165) is 16.9 Å². The van der Waals surface area contributed by atoms with Crippen molar-refractivity contribution in [1.82, 2.24) is 0 Å². The zero-order chi connectivity index (χ0) is 23.1. The van der Waals surface area contributed by atoms with E-state index in [-0.39, 0.29) is 46.9 Å². The number of carbonyl (C=O) groups excluding carboxylic acids is 1. The van der Waals surface area contributed by atoms with E-state index in [0.29, 0.717) is 50.3 Å². The smallest absolute Gasteiger partial charge is 0.870 e. The van der Waals surface area contributed by atoms with Gasteiger partial charge in [-0.25, -0.2) is 0 Å². The Kier molecular flexibility index (Phi) is 12.2. The summed E-state index contributed by atoms with van der Waals surface area (Å²) in [7, 11) is 0. The monoisotopic (exact) mass is 484 g/mol. The van der Waals surface area contributed by atoms with Gasteiger partial charge in [0.25, 0.3) is 0 Å². The number of rotatable bonds is 5. The van der Waals surface area contributed by atoms with Gasteiger partial charge in [0.15, 0.2) is 23.0 Å². The molecule has 2 atom stereocenters. The van der Waals surface area contributed by atoms with E-state index in [2.05, 4.69) is 0 Å². The average Bonchev–Trinajstić information content (AvgIpc) is 2.83. The molecule has 10 heteroatoms. The van der Waals surface area contributed by atoms with Crippen LogP contribution in [0.1, 0.15) is 43.7 Å². The minimum atomic E-state index is -0.841. The Hall–Kier alpha value is -2.46. The summed E-state index contributed by atoms with van der Waals surface area (Å²) in [5, 5.41) is 8.87. The molecule has 0 radical (unpaired) electrons. The van der Waals surface area contributed by atoms with Crippen molar-refractivity contribution in [3.63, 3.8) is 0 Å². The molecular weight excluding hydrogens is 455 g/mol. The second-order valence-electron chi connectivity index (χ2n) is 7.34. The Morgan fingerprint density at radius 3 is 1.65 bits per heavy atom. The van der Waals surface area contributed by atoms with Crippen LogP contribution in [0, 0.1) is 0 Å². The van der Waals surface area contributed by atoms with Crippen molar-refractivity contribution in [1.29, 1.82) is 0 Å². The van der Waals surface area contributed by atoms with Crippen LogP contribution in [0.5, 0.6) is 23.0 Å². The van der Waals surface area contributed by atoms with Gasteiger partial charge >= 0.3 is 41.5 Å². The van der Waals surface area contributed by atoms with Gasteiger partial charge in [0.05, 0.1) is 18.4 Å². The number of carbonyl (C=O) groups is 2. The van der Waals surface area contributed by atoms with Crippen molar-refractivity contribution in [2.75, 3.05) is 33.0 Å². The summed E-state index contributed by atoms with van der Waals surface area (Å²) in [6.45, 7) is 7.84. The predicted molar refractivity (Wildman–Crippen MR) is 118 cm³/mol. The molecule has 0 spiro atoms. The fourth-order valence-corrected chi connectivity index (χ4v) is 3.20. The minimum Gasteiger partial charge on any atom is -0.870 e. The fraction of sp³-hybridized carbons (Fsp3) is 0.417. The van der Waals surface area contributed by atoms with Crippen LogP contribution < -0.4 is 48.5 Å². The van der Waals surface area contributed by atoms with E-state index in [1.54, 1.807) is 32.0 Å². The van der Waals surface area contributed by atoms with Crippen molar-refractivity contribution in [3.8, 4) is 23.0 Å². The molecule has 2 N–H and O–H groups in total. The number of benzene rings is 2. The van der Waals surface area contributed by atoms with Crippen LogP contribution >= 0.6 is 0 Å². The standard InChI is InChI=1S/C13H16O4.C11H12O4.Na.H2O/c1-3-15-13(14)9(2)10-4-5-11-12(8-10)17-7-6-16-11;1-7(11(12)13)8-2-3-9-10(6-8)15-5-4-14-9;;/h4-5,8-9H,3,6-7H2,1-2H3;2-3,6-7H,4-5H2,1H3,(H,12,13);;1H2/q;;+1;/p-1. The Morgan fingerprint density at radius 1 is 0.824 bits per heavy atom. The third-order valence-electron chi connectivity index (χ3n) is 5.14. The van der Waals surface area contributed by atoms with Gasteiger partial charge in [0.2, 0.25) is 0 Å². The molecule has 0 bridgehead atoms. The van der Waals surface area contributed by atoms with Gasteiger partial charge in [-0.3, -0.25) is 9.59 Å². The van der Waals surface area contributed by atoms with E-state index < -0.39 is 11.9 Å². The van der Waals surface area contributed by atoms with E-state index >= 15 is 0 Å². The molecule has 0 aliphatic carbocycles. The van der Waals surface area contributed by atoms with Gasteiger partial charge < -0.3 is 34.3 Å². The molecule has 0 amide bonds. The maximum Gasteiger partial charge on any atom is 1.00 e. The molecular formula is C24H29NaO9. The Balaban J connectivity index is 0.000000323. The summed E-state index contributed by atoms with van der Waals surface area (Å²) < 4.78 is 26.6. The molecule has 2 aromatic rings. The molecule has 180 valence electrons. The van der Waals surface area contributed by atoms with Crippen molar-refractivity contribution in [2.45, 2.75) is 32.6 Å². The molecule has 2 unspecified atom stereocenters. The first kappa shape index (κ1) is 29.6. The molecule has 0 saturated carbocycles. The van der Waals surface area contributed by atoms with Gasteiger partial charge in [-0.1, -0.05) is 12.1 Å². The maximum atomic E-state index is 11.6. The van der Waals surface area contributed by atoms with E-state index in [1.807, 2.05) is 25.1 Å². The van der Waals surface area contributed by atoms with Crippen LogP contribution in [-0.4, -0.2) is 55.6 Å². The van der Waals surface area contributed by atoms with Crippen molar-refractivity contribution < 1.29 is 73.4 Å². The number of ether oxygens (including phenoxy) is 5. The Morgan fingerprint density at radius 2 is 1.24 bits per heavy atom. The second-order valence-corrected chi connectivity index (χ2v) is 7.34. The quantitative estimate of drug-likeness (QED) is 0.479. The molecule has 2 aliphatic heterocycles. The number of carboxylic acid groups (broad SMARTS) is 1. The Bertz CT molecular complexity index is 963. The number of hydrogen-bond donors (Lipinski definition) is 1. The molecule has 2 heterocycles. The molecule has 2 aliphatic rings.